The monoisotopic (exact) mass is 317 g/mol. The van der Waals surface area contributed by atoms with Crippen molar-refractivity contribution in [2.75, 3.05) is 0 Å². The number of nitrogens with zero attached hydrogens (tertiary/aromatic N) is 1. The summed E-state index contributed by atoms with van der Waals surface area (Å²) in [4.78, 5) is 16.2. The van der Waals surface area contributed by atoms with Gasteiger partial charge in [0.1, 0.15) is 0 Å². The van der Waals surface area contributed by atoms with Crippen LogP contribution in [0.5, 0.6) is 0 Å². The Kier molecular flexibility index (Phi) is 4.27. The zero-order valence-electron chi connectivity index (χ0n) is 11.1. The minimum atomic E-state index is -0.369. The topological polar surface area (TPSA) is 43.1 Å². The molecule has 5 heteroatoms. The van der Waals surface area contributed by atoms with Gasteiger partial charge < -0.3 is 4.42 Å². The highest BCUT2D eigenvalue weighted by molar-refractivity contribution is 7.97. The molecule has 1 aromatic heterocycles. The summed E-state index contributed by atoms with van der Waals surface area (Å²) < 4.78 is 5.24. The Labute approximate surface area is 131 Å². The van der Waals surface area contributed by atoms with E-state index in [-0.39, 0.29) is 5.63 Å². The van der Waals surface area contributed by atoms with E-state index in [1.807, 2.05) is 18.2 Å². The van der Waals surface area contributed by atoms with Crippen molar-refractivity contribution in [3.8, 4) is 0 Å². The van der Waals surface area contributed by atoms with Crippen LogP contribution in [-0.4, -0.2) is 4.98 Å². The Hall–Kier alpha value is -1.78. The molecule has 3 nitrogen and oxygen atoms in total. The molecule has 0 bridgehead atoms. The van der Waals surface area contributed by atoms with Crippen molar-refractivity contribution in [3.63, 3.8) is 0 Å². The second-order valence-electron chi connectivity index (χ2n) is 4.53. The molecule has 0 aliphatic heterocycles. The van der Waals surface area contributed by atoms with E-state index < -0.39 is 0 Å². The molecule has 0 radical (unpaired) electrons. The molecule has 1 heterocycles. The molecule has 0 unspecified atom stereocenters. The van der Waals surface area contributed by atoms with Crippen LogP contribution in [0.25, 0.3) is 10.9 Å². The molecule has 0 spiro atoms. The van der Waals surface area contributed by atoms with Crippen LogP contribution in [0.15, 0.2) is 57.7 Å². The number of thioether (sulfide) groups is 1. The molecule has 3 aromatic rings. The van der Waals surface area contributed by atoms with Gasteiger partial charge in [0.05, 0.1) is 16.7 Å². The number of hydrogen-bond acceptors (Lipinski definition) is 4. The smallest absolute Gasteiger partial charge is 0.346 e. The fourth-order valence-electron chi connectivity index (χ4n) is 1.98. The zero-order valence-corrected chi connectivity index (χ0v) is 12.7. The van der Waals surface area contributed by atoms with Gasteiger partial charge in [-0.15, -0.1) is 11.8 Å². The lowest BCUT2D eigenvalue weighted by Crippen LogP contribution is -2.04. The summed E-state index contributed by atoms with van der Waals surface area (Å²) in [5, 5.41) is 1.01. The fraction of sp³-hybridized carbons (Fsp3) is 0.125. The van der Waals surface area contributed by atoms with Crippen LogP contribution in [-0.2, 0) is 11.5 Å². The van der Waals surface area contributed by atoms with Crippen LogP contribution in [0.2, 0.25) is 5.02 Å². The van der Waals surface area contributed by atoms with Gasteiger partial charge in [-0.2, -0.15) is 0 Å². The predicted molar refractivity (Wildman–Crippen MR) is 86.7 cm³/mol. The molecular weight excluding hydrogens is 306 g/mol. The molecule has 0 saturated heterocycles. The molecule has 2 aromatic carbocycles. The van der Waals surface area contributed by atoms with Gasteiger partial charge in [0, 0.05) is 10.8 Å². The summed E-state index contributed by atoms with van der Waals surface area (Å²) in [7, 11) is 0. The maximum Gasteiger partial charge on any atom is 0.346 e. The lowest BCUT2D eigenvalue weighted by molar-refractivity contribution is 0.463. The molecule has 0 atom stereocenters. The van der Waals surface area contributed by atoms with Gasteiger partial charge in [0.15, 0.2) is 0 Å². The number of aromatic nitrogens is 1. The van der Waals surface area contributed by atoms with Gasteiger partial charge in [-0.3, -0.25) is 0 Å². The molecule has 21 heavy (non-hydrogen) atoms. The van der Waals surface area contributed by atoms with E-state index in [4.69, 9.17) is 16.0 Å². The van der Waals surface area contributed by atoms with Crippen LogP contribution >= 0.6 is 23.4 Å². The van der Waals surface area contributed by atoms with Crippen molar-refractivity contribution in [3.05, 3.63) is 75.4 Å². The summed E-state index contributed by atoms with van der Waals surface area (Å²) in [5.74, 6) is 1.82. The molecule has 0 fully saturated rings. The normalized spacial score (nSPS) is 10.9. The van der Waals surface area contributed by atoms with E-state index in [1.54, 1.807) is 30.0 Å². The van der Waals surface area contributed by atoms with Gasteiger partial charge in [-0.1, -0.05) is 41.9 Å². The lowest BCUT2D eigenvalue weighted by Gasteiger charge is -2.02. The third kappa shape index (κ3) is 3.46. The van der Waals surface area contributed by atoms with Crippen molar-refractivity contribution < 1.29 is 4.42 Å². The minimum Gasteiger partial charge on any atom is -0.407 e. The van der Waals surface area contributed by atoms with Gasteiger partial charge >= 0.3 is 5.63 Å². The first-order valence-electron chi connectivity index (χ1n) is 6.43. The summed E-state index contributed by atoms with van der Waals surface area (Å²) in [6, 6.07) is 15.1. The van der Waals surface area contributed by atoms with Crippen molar-refractivity contribution in [2.45, 2.75) is 11.5 Å². The summed E-state index contributed by atoms with van der Waals surface area (Å²) in [6.07, 6.45) is 0. The fourth-order valence-corrected chi connectivity index (χ4v) is 2.98. The van der Waals surface area contributed by atoms with Crippen LogP contribution in [0.3, 0.4) is 0 Å². The molecule has 106 valence electrons. The summed E-state index contributed by atoms with van der Waals surface area (Å²) in [6.45, 7) is 0. The molecule has 3 rings (SSSR count). The van der Waals surface area contributed by atoms with Crippen molar-refractivity contribution >= 4 is 34.3 Å². The Balaban J connectivity index is 1.77. The quantitative estimate of drug-likeness (QED) is 0.720. The number of halogens is 1. The van der Waals surface area contributed by atoms with E-state index in [0.29, 0.717) is 27.6 Å². The lowest BCUT2D eigenvalue weighted by atomic mass is 10.2. The molecule has 0 N–H and O–H groups in total. The largest absolute Gasteiger partial charge is 0.407 e. The van der Waals surface area contributed by atoms with E-state index in [9.17, 15) is 4.79 Å². The highest BCUT2D eigenvalue weighted by Crippen LogP contribution is 2.19. The van der Waals surface area contributed by atoms with Crippen LogP contribution in [0, 0.1) is 0 Å². The molecule has 0 aliphatic rings. The van der Waals surface area contributed by atoms with Crippen LogP contribution in [0.4, 0.5) is 0 Å². The third-order valence-electron chi connectivity index (χ3n) is 2.97. The number of rotatable bonds is 4. The van der Waals surface area contributed by atoms with Gasteiger partial charge in [0.25, 0.3) is 0 Å². The first-order chi connectivity index (χ1) is 10.2. The van der Waals surface area contributed by atoms with E-state index in [2.05, 4.69) is 17.1 Å². The number of fused-ring (bicyclic) bond motifs is 1. The zero-order chi connectivity index (χ0) is 14.7. The minimum absolute atomic E-state index is 0.369. The molecular formula is C16H12ClNO2S. The van der Waals surface area contributed by atoms with E-state index in [0.717, 1.165) is 5.75 Å². The Bertz CT molecular complexity index is 817. The third-order valence-corrected chi connectivity index (χ3v) is 4.20. The molecule has 0 aliphatic carbocycles. The van der Waals surface area contributed by atoms with E-state index in [1.165, 1.54) is 5.56 Å². The maximum absolute atomic E-state index is 11.9. The van der Waals surface area contributed by atoms with Gasteiger partial charge in [-0.25, -0.2) is 9.78 Å². The summed E-state index contributed by atoms with van der Waals surface area (Å²) in [5.41, 5.74) is 1.44. The number of benzene rings is 2. The van der Waals surface area contributed by atoms with E-state index >= 15 is 0 Å². The van der Waals surface area contributed by atoms with Gasteiger partial charge in [0.2, 0.25) is 5.89 Å². The predicted octanol–water partition coefficient (Wildman–Crippen LogP) is 4.27. The Morgan fingerprint density at radius 2 is 1.90 bits per heavy atom. The number of hydrogen-bond donors (Lipinski definition) is 0. The standard InChI is InChI=1S/C16H12ClNO2S/c17-12-6-7-13-14(8-12)18-15(20-16(13)19)10-21-9-11-4-2-1-3-5-11/h1-8H,9-10H2. The highest BCUT2D eigenvalue weighted by Gasteiger charge is 2.07. The second-order valence-corrected chi connectivity index (χ2v) is 5.96. The summed E-state index contributed by atoms with van der Waals surface area (Å²) >= 11 is 7.58. The van der Waals surface area contributed by atoms with Crippen molar-refractivity contribution in [1.82, 2.24) is 4.98 Å². The first-order valence-corrected chi connectivity index (χ1v) is 7.96. The van der Waals surface area contributed by atoms with Gasteiger partial charge in [-0.05, 0) is 23.8 Å². The van der Waals surface area contributed by atoms with Crippen LogP contribution < -0.4 is 5.63 Å². The average Bonchev–Trinajstić information content (AvgIpc) is 2.48. The Morgan fingerprint density at radius 1 is 1.10 bits per heavy atom. The highest BCUT2D eigenvalue weighted by atomic mass is 35.5. The Morgan fingerprint density at radius 3 is 2.71 bits per heavy atom. The molecule has 0 amide bonds. The second kappa shape index (κ2) is 6.33. The van der Waals surface area contributed by atoms with Crippen molar-refractivity contribution in [1.29, 1.82) is 0 Å². The average molecular weight is 318 g/mol. The van der Waals surface area contributed by atoms with Crippen LogP contribution in [0.1, 0.15) is 11.5 Å². The maximum atomic E-state index is 11.9. The van der Waals surface area contributed by atoms with Crippen molar-refractivity contribution in [2.24, 2.45) is 0 Å². The molecule has 0 saturated carbocycles. The SMILES string of the molecule is O=c1oc(CSCc2ccccc2)nc2cc(Cl)ccc12. The first kappa shape index (κ1) is 14.2.